The van der Waals surface area contributed by atoms with Gasteiger partial charge in [0.2, 0.25) is 0 Å². The number of hydrogen-bond donors (Lipinski definition) is 0. The molecule has 1 aromatic heterocycles. The Balaban J connectivity index is 1.43. The van der Waals surface area contributed by atoms with Crippen molar-refractivity contribution in [2.24, 2.45) is 11.8 Å². The van der Waals surface area contributed by atoms with E-state index in [1.807, 2.05) is 24.3 Å². The first kappa shape index (κ1) is 26.9. The van der Waals surface area contributed by atoms with Crippen LogP contribution in [0.2, 0.25) is 0 Å². The molecule has 2 heterocycles. The van der Waals surface area contributed by atoms with Crippen LogP contribution in [-0.2, 0) is 11.2 Å². The number of ether oxygens (including phenoxy) is 2. The van der Waals surface area contributed by atoms with Gasteiger partial charge in [-0.2, -0.15) is 0 Å². The Morgan fingerprint density at radius 2 is 1.70 bits per heavy atom. The maximum absolute atomic E-state index is 13.6. The van der Waals surface area contributed by atoms with Crippen LogP contribution in [0, 0.1) is 11.8 Å². The number of esters is 1. The Hall–Kier alpha value is -3.12. The predicted octanol–water partition coefficient (Wildman–Crippen LogP) is 6.54. The summed E-state index contributed by atoms with van der Waals surface area (Å²) in [4.78, 5) is 28.1. The maximum Gasteiger partial charge on any atom is 0.337 e. The molecular weight excluding hydrogens is 466 g/mol. The van der Waals surface area contributed by atoms with Gasteiger partial charge >= 0.3 is 5.97 Å². The fourth-order valence-corrected chi connectivity index (χ4v) is 5.45. The number of ketones is 1. The van der Waals surface area contributed by atoms with Gasteiger partial charge < -0.3 is 18.8 Å². The molecule has 198 valence electrons. The molecule has 3 aromatic rings. The van der Waals surface area contributed by atoms with Crippen molar-refractivity contribution in [2.75, 3.05) is 33.4 Å². The third-order valence-electron chi connectivity index (χ3n) is 7.12. The molecule has 0 spiro atoms. The van der Waals surface area contributed by atoms with Crippen LogP contribution in [0.1, 0.15) is 78.5 Å². The smallest absolute Gasteiger partial charge is 0.337 e. The van der Waals surface area contributed by atoms with E-state index in [4.69, 9.17) is 13.9 Å². The molecule has 0 radical (unpaired) electrons. The minimum atomic E-state index is -0.433. The predicted molar refractivity (Wildman–Crippen MR) is 146 cm³/mol. The van der Waals surface area contributed by atoms with Crippen LogP contribution in [0.4, 0.5) is 0 Å². The van der Waals surface area contributed by atoms with Gasteiger partial charge in [-0.05, 0) is 73.6 Å². The average molecular weight is 506 g/mol. The van der Waals surface area contributed by atoms with Crippen LogP contribution in [0.25, 0.3) is 11.0 Å². The lowest BCUT2D eigenvalue weighted by Gasteiger charge is -2.34. The zero-order valence-corrected chi connectivity index (χ0v) is 22.5. The summed E-state index contributed by atoms with van der Waals surface area (Å²) in [5.41, 5.74) is 2.07. The molecule has 0 saturated carbocycles. The number of carbonyl (C=O) groups is 2. The summed E-state index contributed by atoms with van der Waals surface area (Å²) in [5.74, 6) is 2.43. The molecule has 37 heavy (non-hydrogen) atoms. The van der Waals surface area contributed by atoms with Crippen molar-refractivity contribution in [1.82, 2.24) is 4.90 Å². The van der Waals surface area contributed by atoms with Gasteiger partial charge in [-0.15, -0.1) is 0 Å². The van der Waals surface area contributed by atoms with E-state index in [-0.39, 0.29) is 5.78 Å². The van der Waals surface area contributed by atoms with Crippen LogP contribution in [-0.4, -0.2) is 50.0 Å². The van der Waals surface area contributed by atoms with Crippen LogP contribution >= 0.6 is 0 Å². The SMILES string of the molecule is CCCCc1oc2cc(C(=O)OC)ccc2c1C(=O)c1ccc(OCCCN2C[C@H](C)C[C@H](C)C2)cc1. The summed E-state index contributed by atoms with van der Waals surface area (Å²) < 4.78 is 16.9. The van der Waals surface area contributed by atoms with Gasteiger partial charge in [0.15, 0.2) is 5.78 Å². The van der Waals surface area contributed by atoms with Gasteiger partial charge in [0.25, 0.3) is 0 Å². The highest BCUT2D eigenvalue weighted by atomic mass is 16.5. The van der Waals surface area contributed by atoms with Gasteiger partial charge in [0.05, 0.1) is 24.8 Å². The number of piperidine rings is 1. The highest BCUT2D eigenvalue weighted by Gasteiger charge is 2.23. The molecule has 6 nitrogen and oxygen atoms in total. The van der Waals surface area contributed by atoms with Crippen molar-refractivity contribution in [3.63, 3.8) is 0 Å². The summed E-state index contributed by atoms with van der Waals surface area (Å²) in [7, 11) is 1.35. The monoisotopic (exact) mass is 505 g/mol. The number of furan rings is 1. The Morgan fingerprint density at radius 3 is 2.38 bits per heavy atom. The summed E-state index contributed by atoms with van der Waals surface area (Å²) >= 11 is 0. The van der Waals surface area contributed by atoms with E-state index in [0.717, 1.165) is 43.4 Å². The minimum Gasteiger partial charge on any atom is -0.494 e. The van der Waals surface area contributed by atoms with E-state index >= 15 is 0 Å². The first-order valence-electron chi connectivity index (χ1n) is 13.5. The van der Waals surface area contributed by atoms with E-state index in [2.05, 4.69) is 25.7 Å². The van der Waals surface area contributed by atoms with Crippen molar-refractivity contribution < 1.29 is 23.5 Å². The zero-order valence-electron chi connectivity index (χ0n) is 22.5. The van der Waals surface area contributed by atoms with Gasteiger partial charge in [-0.3, -0.25) is 4.79 Å². The van der Waals surface area contributed by atoms with Gasteiger partial charge in [-0.25, -0.2) is 4.79 Å². The third-order valence-corrected chi connectivity index (χ3v) is 7.12. The third kappa shape index (κ3) is 6.61. The molecule has 2 atom stereocenters. The van der Waals surface area contributed by atoms with Gasteiger partial charge in [0, 0.05) is 37.0 Å². The molecule has 0 aliphatic carbocycles. The highest BCUT2D eigenvalue weighted by molar-refractivity contribution is 6.17. The number of aryl methyl sites for hydroxylation is 1. The van der Waals surface area contributed by atoms with Gasteiger partial charge in [-0.1, -0.05) is 27.2 Å². The highest BCUT2D eigenvalue weighted by Crippen LogP contribution is 2.31. The van der Waals surface area contributed by atoms with Crippen molar-refractivity contribution in [1.29, 1.82) is 0 Å². The Bertz CT molecular complexity index is 1200. The summed E-state index contributed by atoms with van der Waals surface area (Å²) in [5, 5.41) is 0.713. The van der Waals surface area contributed by atoms with E-state index < -0.39 is 5.97 Å². The molecule has 1 saturated heterocycles. The largest absolute Gasteiger partial charge is 0.494 e. The topological polar surface area (TPSA) is 69.0 Å². The first-order valence-corrected chi connectivity index (χ1v) is 13.5. The molecular formula is C31H39NO5. The lowest BCUT2D eigenvalue weighted by Crippen LogP contribution is -2.39. The number of rotatable bonds is 11. The second-order valence-electron chi connectivity index (χ2n) is 10.5. The van der Waals surface area contributed by atoms with E-state index in [1.165, 1.54) is 26.6 Å². The molecule has 0 amide bonds. The van der Waals surface area contributed by atoms with Crippen LogP contribution in [0.5, 0.6) is 5.75 Å². The Labute approximate surface area is 219 Å². The standard InChI is InChI=1S/C31H39NO5/c1-5-6-8-27-29(26-14-11-24(31(34)35-4)18-28(26)37-27)30(33)23-9-12-25(13-10-23)36-16-7-15-32-19-21(2)17-22(3)20-32/h9-14,18,21-22H,5-8,15-17,19-20H2,1-4H3/t21-,22+. The quantitative estimate of drug-likeness (QED) is 0.167. The molecule has 4 rings (SSSR count). The number of unbranched alkanes of at least 4 members (excludes halogenated alkanes) is 1. The fraction of sp³-hybridized carbons (Fsp3) is 0.484. The zero-order chi connectivity index (χ0) is 26.4. The molecule has 1 aliphatic rings. The molecule has 2 aromatic carbocycles. The number of benzene rings is 2. The molecule has 0 unspecified atom stereocenters. The normalized spacial score (nSPS) is 18.2. The number of hydrogen-bond acceptors (Lipinski definition) is 6. The average Bonchev–Trinajstić information content (AvgIpc) is 3.26. The van der Waals surface area contributed by atoms with Crippen molar-refractivity contribution in [2.45, 2.75) is 52.9 Å². The Morgan fingerprint density at radius 1 is 1.00 bits per heavy atom. The maximum atomic E-state index is 13.6. The number of fused-ring (bicyclic) bond motifs is 1. The number of methoxy groups -OCH3 is 1. The second-order valence-corrected chi connectivity index (χ2v) is 10.5. The molecule has 1 aliphatic heterocycles. The van der Waals surface area contributed by atoms with E-state index in [0.29, 0.717) is 46.4 Å². The first-order chi connectivity index (χ1) is 17.9. The minimum absolute atomic E-state index is 0.0874. The summed E-state index contributed by atoms with van der Waals surface area (Å²) in [6.07, 6.45) is 4.86. The van der Waals surface area contributed by atoms with Crippen LogP contribution in [0.15, 0.2) is 46.9 Å². The number of carbonyl (C=O) groups excluding carboxylic acids is 2. The van der Waals surface area contributed by atoms with Crippen LogP contribution < -0.4 is 4.74 Å². The molecule has 1 fully saturated rings. The summed E-state index contributed by atoms with van der Waals surface area (Å²) in [6.45, 7) is 10.8. The molecule has 0 N–H and O–H groups in total. The van der Waals surface area contributed by atoms with Crippen molar-refractivity contribution in [3.05, 3.63) is 64.9 Å². The molecule has 0 bridgehead atoms. The van der Waals surface area contributed by atoms with Crippen molar-refractivity contribution in [3.8, 4) is 5.75 Å². The molecule has 6 heteroatoms. The second kappa shape index (κ2) is 12.4. The lowest BCUT2D eigenvalue weighted by molar-refractivity contribution is 0.0600. The van der Waals surface area contributed by atoms with E-state index in [1.54, 1.807) is 18.2 Å². The van der Waals surface area contributed by atoms with Crippen molar-refractivity contribution >= 4 is 22.7 Å². The van der Waals surface area contributed by atoms with Crippen LogP contribution in [0.3, 0.4) is 0 Å². The van der Waals surface area contributed by atoms with Gasteiger partial charge in [0.1, 0.15) is 17.1 Å². The number of nitrogens with zero attached hydrogens (tertiary/aromatic N) is 1. The fourth-order valence-electron chi connectivity index (χ4n) is 5.45. The van der Waals surface area contributed by atoms with E-state index in [9.17, 15) is 9.59 Å². The lowest BCUT2D eigenvalue weighted by atomic mass is 9.92. The Kier molecular flexibility index (Phi) is 9.04. The number of likely N-dealkylation sites (tertiary alicyclic amines) is 1. The summed E-state index contributed by atoms with van der Waals surface area (Å²) in [6, 6.07) is 12.5.